The molecule has 31 heavy (non-hydrogen) atoms. The minimum Gasteiger partial charge on any atom is -0.493 e. The summed E-state index contributed by atoms with van der Waals surface area (Å²) in [6, 6.07) is 14.2. The molecule has 0 fully saturated rings. The molecule has 0 unspecified atom stereocenters. The molecule has 0 spiro atoms. The maximum Gasteiger partial charge on any atom is 0.338 e. The fourth-order valence-corrected chi connectivity index (χ4v) is 2.94. The largest absolute Gasteiger partial charge is 0.493 e. The molecule has 162 valence electrons. The van der Waals surface area contributed by atoms with Crippen LogP contribution in [0.5, 0.6) is 11.5 Å². The topological polar surface area (TPSA) is 91.7 Å². The maximum atomic E-state index is 12.4. The van der Waals surface area contributed by atoms with Crippen LogP contribution in [0, 0.1) is 13.8 Å². The number of ether oxygens (including phenoxy) is 3. The van der Waals surface area contributed by atoms with E-state index in [0.717, 1.165) is 16.9 Å². The van der Waals surface area contributed by atoms with Crippen molar-refractivity contribution in [3.8, 4) is 17.2 Å². The van der Waals surface area contributed by atoms with E-state index < -0.39 is 18.5 Å². The molecule has 0 atom stereocenters. The second-order valence-corrected chi connectivity index (χ2v) is 6.84. The number of amides is 1. The Kier molecular flexibility index (Phi) is 6.92. The van der Waals surface area contributed by atoms with Crippen molar-refractivity contribution in [3.05, 3.63) is 65.4 Å². The lowest BCUT2D eigenvalue weighted by Crippen LogP contribution is -2.22. The molecule has 0 radical (unpaired) electrons. The van der Waals surface area contributed by atoms with E-state index >= 15 is 0 Å². The Morgan fingerprint density at radius 3 is 2.45 bits per heavy atom. The number of anilines is 1. The lowest BCUT2D eigenvalue weighted by Gasteiger charge is -2.11. The van der Waals surface area contributed by atoms with Crippen LogP contribution in [0.15, 0.2) is 48.5 Å². The number of nitrogens with one attached hydrogen (secondary N) is 1. The van der Waals surface area contributed by atoms with Crippen LogP contribution in [0.1, 0.15) is 28.5 Å². The van der Waals surface area contributed by atoms with Gasteiger partial charge in [0.1, 0.15) is 5.82 Å². The summed E-state index contributed by atoms with van der Waals surface area (Å²) in [5.74, 6) is 0.324. The highest BCUT2D eigenvalue weighted by Crippen LogP contribution is 2.28. The first-order valence-corrected chi connectivity index (χ1v) is 9.82. The van der Waals surface area contributed by atoms with Gasteiger partial charge in [0.25, 0.3) is 5.91 Å². The van der Waals surface area contributed by atoms with Crippen molar-refractivity contribution in [2.75, 3.05) is 25.6 Å². The molecule has 1 N–H and O–H groups in total. The van der Waals surface area contributed by atoms with Crippen molar-refractivity contribution in [1.82, 2.24) is 9.78 Å². The number of rotatable bonds is 8. The van der Waals surface area contributed by atoms with Gasteiger partial charge in [0, 0.05) is 6.07 Å². The normalized spacial score (nSPS) is 10.5. The molecule has 0 aliphatic heterocycles. The van der Waals surface area contributed by atoms with E-state index in [1.807, 2.05) is 45.0 Å². The van der Waals surface area contributed by atoms with Crippen LogP contribution in [0.4, 0.5) is 5.82 Å². The standard InChI is InChI=1S/C23H25N3O5/c1-5-30-20-13-17(8-11-19(20)29-4)23(28)31-14-22(27)24-21-12-16(3)25-26(21)18-9-6-15(2)7-10-18/h6-13H,5,14H2,1-4H3,(H,24,27). The second kappa shape index (κ2) is 9.80. The highest BCUT2D eigenvalue weighted by Gasteiger charge is 2.16. The molecule has 1 aromatic heterocycles. The van der Waals surface area contributed by atoms with Crippen molar-refractivity contribution < 1.29 is 23.8 Å². The zero-order chi connectivity index (χ0) is 22.4. The number of aryl methyl sites for hydroxylation is 2. The fraction of sp³-hybridized carbons (Fsp3) is 0.261. The number of carbonyl (C=O) groups excluding carboxylic acids is 2. The molecule has 1 heterocycles. The second-order valence-electron chi connectivity index (χ2n) is 6.84. The van der Waals surface area contributed by atoms with Gasteiger partial charge in [-0.15, -0.1) is 0 Å². The smallest absolute Gasteiger partial charge is 0.338 e. The van der Waals surface area contributed by atoms with Gasteiger partial charge >= 0.3 is 5.97 Å². The Morgan fingerprint density at radius 2 is 1.77 bits per heavy atom. The SMILES string of the molecule is CCOc1cc(C(=O)OCC(=O)Nc2cc(C)nn2-c2ccc(C)cc2)ccc1OC. The quantitative estimate of drug-likeness (QED) is 0.556. The van der Waals surface area contributed by atoms with Gasteiger partial charge in [0.05, 0.1) is 30.7 Å². The number of nitrogens with zero attached hydrogens (tertiary/aromatic N) is 2. The van der Waals surface area contributed by atoms with Crippen LogP contribution in [0.2, 0.25) is 0 Å². The van der Waals surface area contributed by atoms with Gasteiger partial charge < -0.3 is 19.5 Å². The Bertz CT molecular complexity index is 1070. The van der Waals surface area contributed by atoms with Crippen LogP contribution < -0.4 is 14.8 Å². The molecule has 0 saturated carbocycles. The number of aromatic nitrogens is 2. The molecule has 3 aromatic rings. The third-order valence-electron chi connectivity index (χ3n) is 4.41. The molecule has 2 aromatic carbocycles. The number of hydrogen-bond donors (Lipinski definition) is 1. The predicted octanol–water partition coefficient (Wildman–Crippen LogP) is 3.69. The van der Waals surface area contributed by atoms with Crippen molar-refractivity contribution in [2.45, 2.75) is 20.8 Å². The first-order chi connectivity index (χ1) is 14.9. The predicted molar refractivity (Wildman–Crippen MR) is 116 cm³/mol. The summed E-state index contributed by atoms with van der Waals surface area (Å²) in [6.07, 6.45) is 0. The zero-order valence-electron chi connectivity index (χ0n) is 18.0. The first-order valence-electron chi connectivity index (χ1n) is 9.82. The lowest BCUT2D eigenvalue weighted by molar-refractivity contribution is -0.119. The van der Waals surface area contributed by atoms with Crippen LogP contribution in [0.25, 0.3) is 5.69 Å². The molecule has 0 aliphatic rings. The average molecular weight is 423 g/mol. The van der Waals surface area contributed by atoms with Crippen LogP contribution in [-0.4, -0.2) is 42.0 Å². The summed E-state index contributed by atoms with van der Waals surface area (Å²) >= 11 is 0. The van der Waals surface area contributed by atoms with Gasteiger partial charge in [0.2, 0.25) is 0 Å². The van der Waals surface area contributed by atoms with Crippen LogP contribution in [-0.2, 0) is 9.53 Å². The van der Waals surface area contributed by atoms with Gasteiger partial charge in [-0.3, -0.25) is 4.79 Å². The maximum absolute atomic E-state index is 12.4. The molecule has 8 nitrogen and oxygen atoms in total. The molecular formula is C23H25N3O5. The summed E-state index contributed by atoms with van der Waals surface area (Å²) in [5.41, 5.74) is 2.94. The van der Waals surface area contributed by atoms with Crippen molar-refractivity contribution in [2.24, 2.45) is 0 Å². The summed E-state index contributed by atoms with van der Waals surface area (Å²) < 4.78 is 17.5. The molecule has 0 aliphatic carbocycles. The van der Waals surface area contributed by atoms with Gasteiger partial charge in [-0.05, 0) is 51.1 Å². The van der Waals surface area contributed by atoms with E-state index in [1.165, 1.54) is 13.2 Å². The molecule has 1 amide bonds. The van der Waals surface area contributed by atoms with Gasteiger partial charge in [-0.25, -0.2) is 9.48 Å². The Hall–Kier alpha value is -3.81. The van der Waals surface area contributed by atoms with Crippen LogP contribution in [0.3, 0.4) is 0 Å². The van der Waals surface area contributed by atoms with Gasteiger partial charge in [-0.2, -0.15) is 5.10 Å². The molecule has 8 heteroatoms. The van der Waals surface area contributed by atoms with Gasteiger partial charge in [-0.1, -0.05) is 17.7 Å². The highest BCUT2D eigenvalue weighted by atomic mass is 16.5. The number of esters is 1. The third-order valence-corrected chi connectivity index (χ3v) is 4.41. The Morgan fingerprint density at radius 1 is 1.03 bits per heavy atom. The van der Waals surface area contributed by atoms with E-state index in [0.29, 0.717) is 23.9 Å². The number of carbonyl (C=O) groups is 2. The molecular weight excluding hydrogens is 398 g/mol. The Labute approximate surface area is 180 Å². The van der Waals surface area contributed by atoms with E-state index in [2.05, 4.69) is 10.4 Å². The number of methoxy groups -OCH3 is 1. The lowest BCUT2D eigenvalue weighted by atomic mass is 10.2. The first kappa shape index (κ1) is 21.9. The Balaban J connectivity index is 1.65. The van der Waals surface area contributed by atoms with Gasteiger partial charge in [0.15, 0.2) is 18.1 Å². The van der Waals surface area contributed by atoms with Crippen LogP contribution >= 0.6 is 0 Å². The monoisotopic (exact) mass is 423 g/mol. The van der Waals surface area contributed by atoms with Crippen molar-refractivity contribution in [1.29, 1.82) is 0 Å². The van der Waals surface area contributed by atoms with E-state index in [4.69, 9.17) is 14.2 Å². The minimum atomic E-state index is -0.637. The molecule has 3 rings (SSSR count). The van der Waals surface area contributed by atoms with Crippen molar-refractivity contribution in [3.63, 3.8) is 0 Å². The van der Waals surface area contributed by atoms with E-state index in [-0.39, 0.29) is 5.56 Å². The molecule has 0 bridgehead atoms. The van der Waals surface area contributed by atoms with E-state index in [9.17, 15) is 9.59 Å². The number of benzene rings is 2. The summed E-state index contributed by atoms with van der Waals surface area (Å²) in [4.78, 5) is 24.8. The third kappa shape index (κ3) is 5.42. The number of hydrogen-bond acceptors (Lipinski definition) is 6. The fourth-order valence-electron chi connectivity index (χ4n) is 2.94. The average Bonchev–Trinajstić information content (AvgIpc) is 3.12. The summed E-state index contributed by atoms with van der Waals surface area (Å²) in [6.45, 7) is 5.64. The molecule has 0 saturated heterocycles. The minimum absolute atomic E-state index is 0.262. The summed E-state index contributed by atoms with van der Waals surface area (Å²) in [5, 5.41) is 7.16. The summed E-state index contributed by atoms with van der Waals surface area (Å²) in [7, 11) is 1.52. The zero-order valence-corrected chi connectivity index (χ0v) is 18.0. The van der Waals surface area contributed by atoms with Crippen molar-refractivity contribution >= 4 is 17.7 Å². The van der Waals surface area contributed by atoms with E-state index in [1.54, 1.807) is 22.9 Å². The highest BCUT2D eigenvalue weighted by molar-refractivity contribution is 5.95.